The number of carbonyl (C=O) groups is 1. The molecule has 0 N–H and O–H groups in total. The lowest BCUT2D eigenvalue weighted by molar-refractivity contribution is -0.131. The third-order valence-corrected chi connectivity index (χ3v) is 7.16. The number of nitrogens with zero attached hydrogens (tertiary/aromatic N) is 5. The number of fused-ring (bicyclic) bond motifs is 1. The van der Waals surface area contributed by atoms with Crippen LogP contribution >= 0.6 is 0 Å². The molecule has 0 radical (unpaired) electrons. The maximum atomic E-state index is 15.3. The van der Waals surface area contributed by atoms with Gasteiger partial charge in [0.05, 0.1) is 17.7 Å². The Hall–Kier alpha value is -3.81. The summed E-state index contributed by atoms with van der Waals surface area (Å²) in [6, 6.07) is 12.9. The first-order valence-electron chi connectivity index (χ1n) is 12.1. The minimum atomic E-state index is -0.490. The molecule has 2 aromatic carbocycles. The Kier molecular flexibility index (Phi) is 5.24. The third-order valence-electron chi connectivity index (χ3n) is 7.16. The first-order chi connectivity index (χ1) is 17.0. The highest BCUT2D eigenvalue weighted by atomic mass is 19.1. The van der Waals surface area contributed by atoms with Crippen LogP contribution in [0.2, 0.25) is 0 Å². The zero-order valence-corrected chi connectivity index (χ0v) is 19.5. The van der Waals surface area contributed by atoms with Crippen LogP contribution in [0.15, 0.2) is 59.8 Å². The summed E-state index contributed by atoms with van der Waals surface area (Å²) < 4.78 is 17.9. The minimum absolute atomic E-state index is 0.175. The van der Waals surface area contributed by atoms with Crippen molar-refractivity contribution in [1.29, 1.82) is 0 Å². The summed E-state index contributed by atoms with van der Waals surface area (Å²) in [5.74, 6) is 0.130. The van der Waals surface area contributed by atoms with Gasteiger partial charge in [0.1, 0.15) is 12.1 Å². The topological polar surface area (TPSA) is 73.0 Å². The molecule has 8 heteroatoms. The predicted octanol–water partition coefficient (Wildman–Crippen LogP) is 3.96. The molecule has 2 fully saturated rings. The van der Waals surface area contributed by atoms with E-state index in [9.17, 15) is 9.59 Å². The number of carbonyl (C=O) groups excluding carboxylic acids is 1. The molecule has 1 saturated heterocycles. The molecule has 1 aliphatic carbocycles. The highest BCUT2D eigenvalue weighted by Gasteiger charge is 2.36. The molecule has 4 aromatic rings. The van der Waals surface area contributed by atoms with E-state index in [0.717, 1.165) is 53.4 Å². The van der Waals surface area contributed by atoms with E-state index in [2.05, 4.69) is 10.1 Å². The lowest BCUT2D eigenvalue weighted by Gasteiger charge is -2.16. The average Bonchev–Trinajstić information content (AvgIpc) is 3.52. The zero-order chi connectivity index (χ0) is 24.1. The van der Waals surface area contributed by atoms with E-state index in [1.807, 2.05) is 42.2 Å². The van der Waals surface area contributed by atoms with Gasteiger partial charge in [0.2, 0.25) is 5.91 Å². The molecule has 1 amide bonds. The van der Waals surface area contributed by atoms with Crippen molar-refractivity contribution in [2.75, 3.05) is 13.1 Å². The van der Waals surface area contributed by atoms with Gasteiger partial charge in [0.25, 0.3) is 0 Å². The molecule has 0 unspecified atom stereocenters. The molecule has 1 aliphatic heterocycles. The second kappa shape index (κ2) is 8.45. The van der Waals surface area contributed by atoms with Crippen LogP contribution in [0.25, 0.3) is 27.7 Å². The lowest BCUT2D eigenvalue weighted by Crippen LogP contribution is -2.32. The van der Waals surface area contributed by atoms with Gasteiger partial charge in [-0.05, 0) is 73.1 Å². The quantitative estimate of drug-likeness (QED) is 0.442. The summed E-state index contributed by atoms with van der Waals surface area (Å²) in [5.41, 5.74) is 3.12. The van der Waals surface area contributed by atoms with Gasteiger partial charge in [0, 0.05) is 30.6 Å². The molecule has 0 bridgehead atoms. The highest BCUT2D eigenvalue weighted by molar-refractivity contribution is 5.85. The van der Waals surface area contributed by atoms with E-state index >= 15 is 4.39 Å². The molecule has 1 saturated carbocycles. The van der Waals surface area contributed by atoms with E-state index in [-0.39, 0.29) is 29.1 Å². The molecule has 2 aliphatic rings. The highest BCUT2D eigenvalue weighted by Crippen LogP contribution is 2.33. The molecule has 3 heterocycles. The Labute approximate surface area is 201 Å². The molecule has 0 spiro atoms. The normalized spacial score (nSPS) is 17.9. The van der Waals surface area contributed by atoms with Crippen LogP contribution in [0.1, 0.15) is 24.8 Å². The van der Waals surface area contributed by atoms with Gasteiger partial charge in [0.15, 0.2) is 0 Å². The molecular weight excluding hydrogens is 445 g/mol. The predicted molar refractivity (Wildman–Crippen MR) is 131 cm³/mol. The number of aryl methyl sites for hydroxylation is 1. The van der Waals surface area contributed by atoms with Crippen LogP contribution in [0.4, 0.5) is 4.39 Å². The fourth-order valence-electron chi connectivity index (χ4n) is 5.04. The number of aromatic nitrogens is 4. The molecular formula is C27H26FN5O2. The maximum Gasteiger partial charge on any atom is 0.350 e. The summed E-state index contributed by atoms with van der Waals surface area (Å²) in [5, 5.41) is 5.27. The third kappa shape index (κ3) is 4.03. The lowest BCUT2D eigenvalue weighted by atomic mass is 9.98. The van der Waals surface area contributed by atoms with Crippen molar-refractivity contribution >= 4 is 16.8 Å². The Balaban J connectivity index is 1.25. The largest absolute Gasteiger partial charge is 0.350 e. The Morgan fingerprint density at radius 1 is 1.14 bits per heavy atom. The molecule has 2 aromatic heterocycles. The number of halogens is 1. The van der Waals surface area contributed by atoms with Gasteiger partial charge in [-0.3, -0.25) is 9.78 Å². The monoisotopic (exact) mass is 471 g/mol. The molecule has 7 nitrogen and oxygen atoms in total. The molecule has 1 atom stereocenters. The van der Waals surface area contributed by atoms with Gasteiger partial charge >= 0.3 is 5.69 Å². The number of hydrogen-bond acceptors (Lipinski definition) is 4. The van der Waals surface area contributed by atoms with Crippen molar-refractivity contribution in [2.45, 2.75) is 32.7 Å². The summed E-state index contributed by atoms with van der Waals surface area (Å²) in [4.78, 5) is 31.7. The number of hydrogen-bond donors (Lipinski definition) is 0. The summed E-state index contributed by atoms with van der Waals surface area (Å²) in [7, 11) is 0. The van der Waals surface area contributed by atoms with Gasteiger partial charge in [-0.2, -0.15) is 5.10 Å². The van der Waals surface area contributed by atoms with E-state index in [1.54, 1.807) is 12.3 Å². The van der Waals surface area contributed by atoms with Crippen LogP contribution in [-0.2, 0) is 11.3 Å². The zero-order valence-electron chi connectivity index (χ0n) is 19.5. The van der Waals surface area contributed by atoms with Crippen molar-refractivity contribution in [1.82, 2.24) is 24.2 Å². The smallest absolute Gasteiger partial charge is 0.342 e. The van der Waals surface area contributed by atoms with Gasteiger partial charge in [-0.15, -0.1) is 0 Å². The van der Waals surface area contributed by atoms with Gasteiger partial charge in [-0.1, -0.05) is 18.2 Å². The van der Waals surface area contributed by atoms with E-state index < -0.39 is 5.82 Å². The number of rotatable bonds is 5. The van der Waals surface area contributed by atoms with Crippen molar-refractivity contribution in [2.24, 2.45) is 11.8 Å². The van der Waals surface area contributed by atoms with E-state index in [0.29, 0.717) is 13.1 Å². The average molecular weight is 472 g/mol. The Bertz CT molecular complexity index is 1500. The van der Waals surface area contributed by atoms with Crippen molar-refractivity contribution < 1.29 is 9.18 Å². The van der Waals surface area contributed by atoms with E-state index in [1.165, 1.54) is 21.6 Å². The van der Waals surface area contributed by atoms with Crippen LogP contribution in [0.3, 0.4) is 0 Å². The fourth-order valence-corrected chi connectivity index (χ4v) is 5.04. The Morgan fingerprint density at radius 3 is 2.83 bits per heavy atom. The fraction of sp³-hybridized carbons (Fsp3) is 0.333. The summed E-state index contributed by atoms with van der Waals surface area (Å²) >= 11 is 0. The second-order valence-corrected chi connectivity index (χ2v) is 9.71. The summed E-state index contributed by atoms with van der Waals surface area (Å²) in [6.07, 6.45) is 5.94. The molecule has 35 heavy (non-hydrogen) atoms. The first-order valence-corrected chi connectivity index (χ1v) is 12.1. The number of pyridine rings is 1. The first kappa shape index (κ1) is 21.7. The number of benzene rings is 2. The van der Waals surface area contributed by atoms with E-state index in [4.69, 9.17) is 0 Å². The summed E-state index contributed by atoms with van der Waals surface area (Å²) in [6.45, 7) is 3.70. The van der Waals surface area contributed by atoms with Crippen molar-refractivity contribution in [3.63, 3.8) is 0 Å². The van der Waals surface area contributed by atoms with Crippen LogP contribution in [0, 0.1) is 24.6 Å². The SMILES string of the molecule is Cc1cc(-n2cnn(C[C@H]3CCN(C(=O)C4CC4)C3)c2=O)c(F)cc1-c1ccc2cccnc2c1. The minimum Gasteiger partial charge on any atom is -0.342 e. The van der Waals surface area contributed by atoms with Crippen molar-refractivity contribution in [3.8, 4) is 16.8 Å². The molecule has 6 rings (SSSR count). The number of amides is 1. The van der Waals surface area contributed by atoms with Gasteiger partial charge in [-0.25, -0.2) is 18.4 Å². The van der Waals surface area contributed by atoms with Crippen molar-refractivity contribution in [3.05, 3.63) is 76.9 Å². The van der Waals surface area contributed by atoms with Crippen LogP contribution < -0.4 is 5.69 Å². The standard InChI is InChI=1S/C27H26FN5O2/c1-17-11-25(23(28)13-22(17)21-7-4-19-3-2-9-29-24(19)12-21)32-16-30-33(27(32)35)15-18-8-10-31(14-18)26(34)20-5-6-20/h2-4,7,9,11-13,16,18,20H,5-6,8,10,14-15H2,1H3/t18-/m0/s1. The second-order valence-electron chi connectivity index (χ2n) is 9.71. The van der Waals surface area contributed by atoms with Crippen LogP contribution in [-0.4, -0.2) is 43.2 Å². The van der Waals surface area contributed by atoms with Crippen LogP contribution in [0.5, 0.6) is 0 Å². The molecule has 178 valence electrons. The number of likely N-dealkylation sites (tertiary alicyclic amines) is 1. The van der Waals surface area contributed by atoms with Gasteiger partial charge < -0.3 is 4.90 Å². The maximum absolute atomic E-state index is 15.3. The Morgan fingerprint density at radius 2 is 2.00 bits per heavy atom.